The highest BCUT2D eigenvalue weighted by Gasteiger charge is 2.33. The van der Waals surface area contributed by atoms with Crippen molar-refractivity contribution < 1.29 is 4.74 Å². The normalized spacial score (nSPS) is 21.7. The summed E-state index contributed by atoms with van der Waals surface area (Å²) in [6, 6.07) is 0. The van der Waals surface area contributed by atoms with Crippen molar-refractivity contribution in [1.29, 1.82) is 0 Å². The van der Waals surface area contributed by atoms with E-state index in [-0.39, 0.29) is 24.0 Å². The molecule has 0 atom stereocenters. The average molecular weight is 409 g/mol. The van der Waals surface area contributed by atoms with Gasteiger partial charge >= 0.3 is 0 Å². The van der Waals surface area contributed by atoms with Crippen LogP contribution < -0.4 is 11.1 Å². The molecule has 2 rings (SSSR count). The Kier molecular flexibility index (Phi) is 8.94. The molecule has 0 spiro atoms. The Morgan fingerprint density at radius 1 is 1.29 bits per heavy atom. The Labute approximate surface area is 146 Å². The Hall–Kier alpha value is -0.0400. The second-order valence-corrected chi connectivity index (χ2v) is 6.53. The summed E-state index contributed by atoms with van der Waals surface area (Å²) in [5.41, 5.74) is 6.35. The predicted octanol–water partition coefficient (Wildman–Crippen LogP) is 3.30. The van der Waals surface area contributed by atoms with E-state index in [0.717, 1.165) is 38.6 Å². The van der Waals surface area contributed by atoms with E-state index in [1.165, 1.54) is 44.9 Å². The van der Waals surface area contributed by atoms with Crippen LogP contribution in [0, 0.1) is 11.3 Å². The molecule has 0 aromatic rings. The number of nitrogens with zero attached hydrogens (tertiary/aromatic N) is 1. The van der Waals surface area contributed by atoms with Gasteiger partial charge in [0.05, 0.1) is 0 Å². The van der Waals surface area contributed by atoms with Crippen molar-refractivity contribution in [2.24, 2.45) is 22.1 Å². The van der Waals surface area contributed by atoms with Crippen LogP contribution in [-0.4, -0.2) is 32.3 Å². The van der Waals surface area contributed by atoms with Crippen LogP contribution in [0.5, 0.6) is 0 Å². The summed E-state index contributed by atoms with van der Waals surface area (Å²) in [5.74, 6) is 1.46. The largest absolute Gasteiger partial charge is 0.382 e. The lowest BCUT2D eigenvalue weighted by atomic mass is 9.83. The van der Waals surface area contributed by atoms with Crippen molar-refractivity contribution in [2.45, 2.75) is 58.3 Å². The van der Waals surface area contributed by atoms with Crippen LogP contribution in [0.3, 0.4) is 0 Å². The van der Waals surface area contributed by atoms with Gasteiger partial charge in [0.15, 0.2) is 5.96 Å². The maximum absolute atomic E-state index is 6.00. The van der Waals surface area contributed by atoms with Gasteiger partial charge in [-0.3, -0.25) is 4.99 Å². The Morgan fingerprint density at radius 3 is 2.57 bits per heavy atom. The minimum absolute atomic E-state index is 0. The lowest BCUT2D eigenvalue weighted by molar-refractivity contribution is 0.107. The fraction of sp³-hybridized carbons (Fsp3) is 0.938. The average Bonchev–Trinajstić information content (AvgIpc) is 2.84. The summed E-state index contributed by atoms with van der Waals surface area (Å²) in [7, 11) is 0. The Bertz CT molecular complexity index is 313. The number of guanidine groups is 1. The molecule has 0 heterocycles. The van der Waals surface area contributed by atoms with Gasteiger partial charge in [-0.1, -0.05) is 19.3 Å². The van der Waals surface area contributed by atoms with Crippen molar-refractivity contribution in [1.82, 2.24) is 5.32 Å². The van der Waals surface area contributed by atoms with Gasteiger partial charge in [0, 0.05) is 26.3 Å². The van der Waals surface area contributed by atoms with E-state index in [1.54, 1.807) is 0 Å². The SMILES string of the molecule is CCOCCC1(CN=C(N)NCC2CCC2)CCCC1.I. The molecule has 0 saturated heterocycles. The van der Waals surface area contributed by atoms with E-state index in [9.17, 15) is 0 Å². The molecule has 3 N–H and O–H groups in total. The van der Waals surface area contributed by atoms with Crippen LogP contribution in [0.25, 0.3) is 0 Å². The maximum atomic E-state index is 6.00. The highest BCUT2D eigenvalue weighted by Crippen LogP contribution is 2.41. The van der Waals surface area contributed by atoms with Crippen molar-refractivity contribution in [3.8, 4) is 0 Å². The first-order valence-electron chi connectivity index (χ1n) is 8.36. The molecule has 0 aromatic heterocycles. The van der Waals surface area contributed by atoms with Gasteiger partial charge in [0.25, 0.3) is 0 Å². The third-order valence-corrected chi connectivity index (χ3v) is 5.03. The minimum Gasteiger partial charge on any atom is -0.382 e. The zero-order chi connectivity index (χ0) is 14.3. The molecule has 0 amide bonds. The zero-order valence-electron chi connectivity index (χ0n) is 13.4. The predicted molar refractivity (Wildman–Crippen MR) is 99.3 cm³/mol. The van der Waals surface area contributed by atoms with Gasteiger partial charge in [0.1, 0.15) is 0 Å². The molecule has 2 saturated carbocycles. The third kappa shape index (κ3) is 6.30. The monoisotopic (exact) mass is 409 g/mol. The molecule has 0 unspecified atom stereocenters. The van der Waals surface area contributed by atoms with E-state index < -0.39 is 0 Å². The van der Waals surface area contributed by atoms with E-state index in [2.05, 4.69) is 17.2 Å². The first-order valence-corrected chi connectivity index (χ1v) is 8.36. The molecule has 0 bridgehead atoms. The van der Waals surface area contributed by atoms with Crippen LogP contribution in [0.4, 0.5) is 0 Å². The summed E-state index contributed by atoms with van der Waals surface area (Å²) in [4.78, 5) is 4.62. The topological polar surface area (TPSA) is 59.6 Å². The first-order chi connectivity index (χ1) is 9.74. The van der Waals surface area contributed by atoms with E-state index in [0.29, 0.717) is 11.4 Å². The van der Waals surface area contributed by atoms with Gasteiger partial charge in [0.2, 0.25) is 0 Å². The molecule has 124 valence electrons. The van der Waals surface area contributed by atoms with Gasteiger partial charge in [-0.05, 0) is 50.4 Å². The summed E-state index contributed by atoms with van der Waals surface area (Å²) in [5, 5.41) is 3.29. The molecule has 21 heavy (non-hydrogen) atoms. The lowest BCUT2D eigenvalue weighted by Gasteiger charge is -2.28. The number of ether oxygens (including phenoxy) is 1. The lowest BCUT2D eigenvalue weighted by Crippen LogP contribution is -2.38. The number of halogens is 1. The fourth-order valence-corrected chi connectivity index (χ4v) is 3.30. The highest BCUT2D eigenvalue weighted by molar-refractivity contribution is 14.0. The van der Waals surface area contributed by atoms with Gasteiger partial charge in [-0.25, -0.2) is 0 Å². The van der Waals surface area contributed by atoms with Crippen molar-refractivity contribution >= 4 is 29.9 Å². The summed E-state index contributed by atoms with van der Waals surface area (Å²) >= 11 is 0. The second-order valence-electron chi connectivity index (χ2n) is 6.53. The fourth-order valence-electron chi connectivity index (χ4n) is 3.30. The number of hydrogen-bond donors (Lipinski definition) is 2. The van der Waals surface area contributed by atoms with Crippen molar-refractivity contribution in [3.63, 3.8) is 0 Å². The van der Waals surface area contributed by atoms with Crippen LogP contribution in [0.1, 0.15) is 58.3 Å². The number of nitrogens with one attached hydrogen (secondary N) is 1. The molecule has 0 aromatic carbocycles. The second kappa shape index (κ2) is 9.87. The summed E-state index contributed by atoms with van der Waals surface area (Å²) in [6.45, 7) is 5.60. The highest BCUT2D eigenvalue weighted by atomic mass is 127. The van der Waals surface area contributed by atoms with Gasteiger partial charge in [-0.2, -0.15) is 0 Å². The molecule has 5 heteroatoms. The summed E-state index contributed by atoms with van der Waals surface area (Å²) in [6.07, 6.45) is 10.4. The Balaban J connectivity index is 0.00000220. The quantitative estimate of drug-likeness (QED) is 0.280. The standard InChI is InChI=1S/C16H31N3O.HI/c1-2-20-11-10-16(8-3-4-9-16)13-19-15(17)18-12-14-6-5-7-14;/h14H,2-13H2,1H3,(H3,17,18,19);1H. The first kappa shape index (κ1) is 19.0. The number of hydrogen-bond acceptors (Lipinski definition) is 2. The van der Waals surface area contributed by atoms with Crippen LogP contribution in [0.2, 0.25) is 0 Å². The number of rotatable bonds is 8. The van der Waals surface area contributed by atoms with E-state index in [4.69, 9.17) is 10.5 Å². The van der Waals surface area contributed by atoms with Crippen LogP contribution >= 0.6 is 24.0 Å². The molecule has 0 radical (unpaired) electrons. The van der Waals surface area contributed by atoms with Gasteiger partial charge in [-0.15, -0.1) is 24.0 Å². The molecular weight excluding hydrogens is 377 g/mol. The Morgan fingerprint density at radius 2 is 2.00 bits per heavy atom. The molecule has 2 aliphatic carbocycles. The van der Waals surface area contributed by atoms with E-state index >= 15 is 0 Å². The number of nitrogens with two attached hydrogens (primary N) is 1. The van der Waals surface area contributed by atoms with Crippen LogP contribution in [-0.2, 0) is 4.74 Å². The smallest absolute Gasteiger partial charge is 0.188 e. The maximum Gasteiger partial charge on any atom is 0.188 e. The van der Waals surface area contributed by atoms with Crippen molar-refractivity contribution in [3.05, 3.63) is 0 Å². The van der Waals surface area contributed by atoms with E-state index in [1.807, 2.05) is 0 Å². The van der Waals surface area contributed by atoms with Gasteiger partial charge < -0.3 is 15.8 Å². The minimum atomic E-state index is 0. The summed E-state index contributed by atoms with van der Waals surface area (Å²) < 4.78 is 5.53. The molecule has 2 aliphatic rings. The van der Waals surface area contributed by atoms with Crippen molar-refractivity contribution in [2.75, 3.05) is 26.3 Å². The van der Waals surface area contributed by atoms with Crippen LogP contribution in [0.15, 0.2) is 4.99 Å². The molecule has 4 nitrogen and oxygen atoms in total. The third-order valence-electron chi connectivity index (χ3n) is 5.03. The zero-order valence-corrected chi connectivity index (χ0v) is 15.7. The molecule has 0 aliphatic heterocycles. The molecule has 2 fully saturated rings. The number of aliphatic imine (C=N–C) groups is 1. The molecular formula is C16H32IN3O.